The number of carbonyl (C=O) groups excluding carboxylic acids is 1. The quantitative estimate of drug-likeness (QED) is 0.649. The van der Waals surface area contributed by atoms with E-state index in [1.165, 1.54) is 18.5 Å². The van der Waals surface area contributed by atoms with Crippen molar-refractivity contribution in [2.45, 2.75) is 12.8 Å². The highest BCUT2D eigenvalue weighted by molar-refractivity contribution is 6.30. The molecule has 2 N–H and O–H groups in total. The van der Waals surface area contributed by atoms with Gasteiger partial charge >= 0.3 is 6.03 Å². The first kappa shape index (κ1) is 16.3. The number of nitrogens with one attached hydrogen (secondary N) is 2. The van der Waals surface area contributed by atoms with Crippen molar-refractivity contribution in [1.29, 1.82) is 0 Å². The Balaban J connectivity index is 1.50. The molecule has 1 heterocycles. The van der Waals surface area contributed by atoms with E-state index in [1.54, 1.807) is 30.5 Å². The molecule has 1 saturated heterocycles. The van der Waals surface area contributed by atoms with E-state index in [4.69, 9.17) is 11.6 Å². The molecule has 0 aliphatic carbocycles. The minimum absolute atomic E-state index is 0.401. The lowest BCUT2D eigenvalue weighted by Crippen LogP contribution is -2.24. The second kappa shape index (κ2) is 7.84. The van der Waals surface area contributed by atoms with Gasteiger partial charge in [0, 0.05) is 29.5 Å². The van der Waals surface area contributed by atoms with Crippen LogP contribution in [0.5, 0.6) is 0 Å². The fourth-order valence-corrected chi connectivity index (χ4v) is 2.73. The van der Waals surface area contributed by atoms with Gasteiger partial charge in [0.1, 0.15) is 0 Å². The Kier molecular flexibility index (Phi) is 5.33. The fraction of sp³-hybridized carbons (Fsp3) is 0.222. The van der Waals surface area contributed by atoms with Crippen LogP contribution in [0.25, 0.3) is 0 Å². The molecule has 0 spiro atoms. The molecule has 0 aromatic heterocycles. The van der Waals surface area contributed by atoms with Gasteiger partial charge in [0.15, 0.2) is 0 Å². The van der Waals surface area contributed by atoms with Crippen LogP contribution in [-0.2, 0) is 0 Å². The molecule has 0 bridgehead atoms. The van der Waals surface area contributed by atoms with E-state index >= 15 is 0 Å². The molecule has 5 nitrogen and oxygen atoms in total. The van der Waals surface area contributed by atoms with Crippen LogP contribution < -0.4 is 15.6 Å². The number of amides is 2. The minimum atomic E-state index is -0.401. The van der Waals surface area contributed by atoms with Crippen molar-refractivity contribution in [1.82, 2.24) is 5.43 Å². The normalized spacial score (nSPS) is 14.1. The van der Waals surface area contributed by atoms with Crippen molar-refractivity contribution in [2.75, 3.05) is 23.3 Å². The molecule has 2 aromatic carbocycles. The summed E-state index contributed by atoms with van der Waals surface area (Å²) < 4.78 is 0. The first-order valence-corrected chi connectivity index (χ1v) is 8.29. The summed E-state index contributed by atoms with van der Waals surface area (Å²) in [5.41, 5.74) is 5.26. The van der Waals surface area contributed by atoms with Crippen LogP contribution in [0.4, 0.5) is 16.2 Å². The van der Waals surface area contributed by atoms with Gasteiger partial charge in [-0.3, -0.25) is 0 Å². The summed E-state index contributed by atoms with van der Waals surface area (Å²) in [6.07, 6.45) is 4.14. The van der Waals surface area contributed by atoms with Crippen LogP contribution in [0.15, 0.2) is 53.6 Å². The monoisotopic (exact) mass is 342 g/mol. The van der Waals surface area contributed by atoms with Crippen LogP contribution >= 0.6 is 11.6 Å². The molecule has 0 unspecified atom stereocenters. The van der Waals surface area contributed by atoms with Gasteiger partial charge in [0.05, 0.1) is 6.21 Å². The molecule has 3 rings (SSSR count). The van der Waals surface area contributed by atoms with Gasteiger partial charge in [0.25, 0.3) is 0 Å². The summed E-state index contributed by atoms with van der Waals surface area (Å²) in [7, 11) is 0. The highest BCUT2D eigenvalue weighted by Crippen LogP contribution is 2.19. The topological polar surface area (TPSA) is 56.7 Å². The predicted octanol–water partition coefficient (Wildman–Crippen LogP) is 4.10. The molecule has 6 heteroatoms. The summed E-state index contributed by atoms with van der Waals surface area (Å²) in [6, 6.07) is 14.6. The maximum absolute atomic E-state index is 11.7. The average Bonchev–Trinajstić information content (AvgIpc) is 3.12. The Morgan fingerprint density at radius 1 is 1.04 bits per heavy atom. The molecular weight excluding hydrogens is 324 g/mol. The number of urea groups is 1. The number of nitrogens with zero attached hydrogens (tertiary/aromatic N) is 2. The van der Waals surface area contributed by atoms with Crippen LogP contribution in [0.2, 0.25) is 5.02 Å². The van der Waals surface area contributed by atoms with E-state index in [0.717, 1.165) is 18.7 Å². The van der Waals surface area contributed by atoms with Crippen molar-refractivity contribution in [2.24, 2.45) is 5.10 Å². The van der Waals surface area contributed by atoms with E-state index in [0.29, 0.717) is 10.7 Å². The summed E-state index contributed by atoms with van der Waals surface area (Å²) in [5.74, 6) is 0. The van der Waals surface area contributed by atoms with Gasteiger partial charge in [-0.15, -0.1) is 0 Å². The number of hydrazone groups is 1. The molecule has 2 aromatic rings. The minimum Gasteiger partial charge on any atom is -0.372 e. The molecular formula is C18H19ClN4O. The Morgan fingerprint density at radius 3 is 2.38 bits per heavy atom. The zero-order chi connectivity index (χ0) is 16.8. The first-order valence-electron chi connectivity index (χ1n) is 7.91. The summed E-state index contributed by atoms with van der Waals surface area (Å²) in [6.45, 7) is 2.25. The van der Waals surface area contributed by atoms with Gasteiger partial charge in [-0.2, -0.15) is 5.10 Å². The number of carbonyl (C=O) groups is 1. The summed E-state index contributed by atoms with van der Waals surface area (Å²) in [4.78, 5) is 14.1. The number of hydrogen-bond donors (Lipinski definition) is 2. The molecule has 0 radical (unpaired) electrons. The van der Waals surface area contributed by atoms with Gasteiger partial charge in [-0.05, 0) is 54.8 Å². The summed E-state index contributed by atoms with van der Waals surface area (Å²) >= 11 is 5.80. The fourth-order valence-electron chi connectivity index (χ4n) is 2.60. The van der Waals surface area contributed by atoms with Gasteiger partial charge < -0.3 is 10.2 Å². The molecule has 2 amide bonds. The van der Waals surface area contributed by atoms with Crippen molar-refractivity contribution in [3.05, 3.63) is 59.1 Å². The molecule has 124 valence electrons. The molecule has 0 atom stereocenters. The van der Waals surface area contributed by atoms with Crippen LogP contribution in [0.1, 0.15) is 18.4 Å². The molecule has 1 aliphatic rings. The van der Waals surface area contributed by atoms with E-state index in [-0.39, 0.29) is 0 Å². The average molecular weight is 343 g/mol. The lowest BCUT2D eigenvalue weighted by molar-refractivity contribution is 0.252. The Hall–Kier alpha value is -2.53. The maximum Gasteiger partial charge on any atom is 0.339 e. The number of benzene rings is 2. The summed E-state index contributed by atoms with van der Waals surface area (Å²) in [5, 5.41) is 7.25. The number of halogens is 1. The van der Waals surface area contributed by atoms with E-state index < -0.39 is 6.03 Å². The van der Waals surface area contributed by atoms with Crippen molar-refractivity contribution in [3.8, 4) is 0 Å². The third kappa shape index (κ3) is 4.49. The second-order valence-electron chi connectivity index (χ2n) is 5.62. The van der Waals surface area contributed by atoms with Gasteiger partial charge in [-0.25, -0.2) is 10.2 Å². The Bertz CT molecular complexity index is 707. The maximum atomic E-state index is 11.7. The zero-order valence-corrected chi connectivity index (χ0v) is 14.0. The SMILES string of the molecule is O=C(N/N=C/c1ccc(N2CCCC2)cc1)Nc1ccc(Cl)cc1. The van der Waals surface area contributed by atoms with Crippen molar-refractivity contribution < 1.29 is 4.79 Å². The highest BCUT2D eigenvalue weighted by atomic mass is 35.5. The molecule has 1 aliphatic heterocycles. The molecule has 1 fully saturated rings. The van der Waals surface area contributed by atoms with E-state index in [9.17, 15) is 4.79 Å². The smallest absolute Gasteiger partial charge is 0.339 e. The highest BCUT2D eigenvalue weighted by Gasteiger charge is 2.11. The third-order valence-corrected chi connectivity index (χ3v) is 4.10. The largest absolute Gasteiger partial charge is 0.372 e. The number of hydrogen-bond acceptors (Lipinski definition) is 3. The third-order valence-electron chi connectivity index (χ3n) is 3.85. The van der Waals surface area contributed by atoms with E-state index in [2.05, 4.69) is 32.9 Å². The Morgan fingerprint density at radius 2 is 1.71 bits per heavy atom. The van der Waals surface area contributed by atoms with Crippen LogP contribution in [-0.4, -0.2) is 25.3 Å². The van der Waals surface area contributed by atoms with Crippen LogP contribution in [0, 0.1) is 0 Å². The van der Waals surface area contributed by atoms with Gasteiger partial charge in [-0.1, -0.05) is 23.7 Å². The van der Waals surface area contributed by atoms with E-state index in [1.807, 2.05) is 12.1 Å². The van der Waals surface area contributed by atoms with Crippen molar-refractivity contribution >= 4 is 35.2 Å². The second-order valence-corrected chi connectivity index (χ2v) is 6.05. The lowest BCUT2D eigenvalue weighted by atomic mass is 10.2. The van der Waals surface area contributed by atoms with Crippen molar-refractivity contribution in [3.63, 3.8) is 0 Å². The van der Waals surface area contributed by atoms with Crippen LogP contribution in [0.3, 0.4) is 0 Å². The predicted molar refractivity (Wildman–Crippen MR) is 99.1 cm³/mol. The molecule has 24 heavy (non-hydrogen) atoms. The Labute approximate surface area is 146 Å². The standard InChI is InChI=1S/C18H19ClN4O/c19-15-5-7-16(8-6-15)21-18(24)22-20-13-14-3-9-17(10-4-14)23-11-1-2-12-23/h3-10,13H,1-2,11-12H2,(H2,21,22,24)/b20-13+. The van der Waals surface area contributed by atoms with Gasteiger partial charge in [0.2, 0.25) is 0 Å². The lowest BCUT2D eigenvalue weighted by Gasteiger charge is -2.17. The zero-order valence-electron chi connectivity index (χ0n) is 13.2. The number of anilines is 2. The first-order chi connectivity index (χ1) is 11.7. The molecule has 0 saturated carbocycles. The number of rotatable bonds is 4.